The summed E-state index contributed by atoms with van der Waals surface area (Å²) in [5.74, 6) is -0.630. The number of amides is 2. The molecule has 1 aliphatic heterocycles. The molecule has 0 aromatic heterocycles. The zero-order valence-corrected chi connectivity index (χ0v) is 17.6. The van der Waals surface area contributed by atoms with Gasteiger partial charge in [0.1, 0.15) is 5.75 Å². The summed E-state index contributed by atoms with van der Waals surface area (Å²) in [6.45, 7) is 2.35. The Labute approximate surface area is 182 Å². The molecule has 4 rings (SSSR count). The topological polar surface area (TPSA) is 70.7 Å². The number of nitrogens with one attached hydrogen (secondary N) is 2. The molecule has 31 heavy (non-hydrogen) atoms. The van der Waals surface area contributed by atoms with Crippen LogP contribution in [0.5, 0.6) is 5.75 Å². The summed E-state index contributed by atoms with van der Waals surface area (Å²) in [4.78, 5) is 27.3. The maximum absolute atomic E-state index is 12.5. The van der Waals surface area contributed by atoms with Gasteiger partial charge in [0.25, 0.3) is 0 Å². The number of hydrogen-bond acceptors (Lipinski definition) is 4. The predicted molar refractivity (Wildman–Crippen MR) is 122 cm³/mol. The monoisotopic (exact) mass is 417 g/mol. The van der Waals surface area contributed by atoms with Gasteiger partial charge in [0.05, 0.1) is 13.2 Å². The number of nitrogens with zero attached hydrogens (tertiary/aromatic N) is 1. The second-order valence-corrected chi connectivity index (χ2v) is 7.72. The molecule has 1 saturated heterocycles. The molecule has 6 heteroatoms. The lowest BCUT2D eigenvalue weighted by molar-refractivity contribution is -0.136. The van der Waals surface area contributed by atoms with Crippen LogP contribution in [0.1, 0.15) is 24.4 Å². The van der Waals surface area contributed by atoms with Crippen molar-refractivity contribution >= 4 is 28.3 Å². The fraction of sp³-hybridized carbons (Fsp3) is 0.280. The van der Waals surface area contributed by atoms with Crippen LogP contribution in [-0.4, -0.2) is 43.5 Å². The van der Waals surface area contributed by atoms with Gasteiger partial charge in [-0.15, -0.1) is 0 Å². The minimum absolute atomic E-state index is 0.0198. The smallest absolute Gasteiger partial charge is 0.313 e. The van der Waals surface area contributed by atoms with E-state index in [-0.39, 0.29) is 6.04 Å². The van der Waals surface area contributed by atoms with Crippen LogP contribution in [0.15, 0.2) is 66.7 Å². The summed E-state index contributed by atoms with van der Waals surface area (Å²) in [6.07, 6.45) is 2.29. The lowest BCUT2D eigenvalue weighted by Crippen LogP contribution is -2.41. The van der Waals surface area contributed by atoms with Gasteiger partial charge in [0.15, 0.2) is 0 Å². The number of carbonyl (C=O) groups excluding carboxylic acids is 2. The highest BCUT2D eigenvalue weighted by molar-refractivity contribution is 6.39. The summed E-state index contributed by atoms with van der Waals surface area (Å²) in [5, 5.41) is 7.84. The van der Waals surface area contributed by atoms with Crippen LogP contribution >= 0.6 is 0 Å². The SMILES string of the molecule is COc1ccc(NC(=O)C(=O)NC[C@@H](c2cccc3ccccc23)N2CCCC2)cc1. The first-order valence-corrected chi connectivity index (χ1v) is 10.6. The molecular weight excluding hydrogens is 390 g/mol. The van der Waals surface area contributed by atoms with Crippen LogP contribution in [0.4, 0.5) is 5.69 Å². The number of ether oxygens (including phenoxy) is 1. The van der Waals surface area contributed by atoms with Gasteiger partial charge in [-0.1, -0.05) is 42.5 Å². The molecule has 1 atom stereocenters. The Kier molecular flexibility index (Phi) is 6.48. The normalized spacial score (nSPS) is 14.9. The Morgan fingerprint density at radius 1 is 0.935 bits per heavy atom. The van der Waals surface area contributed by atoms with Crippen molar-refractivity contribution in [2.45, 2.75) is 18.9 Å². The van der Waals surface area contributed by atoms with E-state index in [1.807, 2.05) is 12.1 Å². The lowest BCUT2D eigenvalue weighted by atomic mass is 9.97. The van der Waals surface area contributed by atoms with Gasteiger partial charge < -0.3 is 15.4 Å². The zero-order chi connectivity index (χ0) is 21.6. The number of hydrogen-bond donors (Lipinski definition) is 2. The molecule has 1 aliphatic rings. The summed E-state index contributed by atoms with van der Waals surface area (Å²) in [7, 11) is 1.58. The summed E-state index contributed by atoms with van der Waals surface area (Å²) in [5.41, 5.74) is 1.72. The molecular formula is C25H27N3O3. The Morgan fingerprint density at radius 2 is 1.65 bits per heavy atom. The molecule has 3 aromatic carbocycles. The van der Waals surface area contributed by atoms with E-state index in [0.717, 1.165) is 25.9 Å². The molecule has 3 aromatic rings. The van der Waals surface area contributed by atoms with E-state index < -0.39 is 11.8 Å². The Hall–Kier alpha value is -3.38. The first-order valence-electron chi connectivity index (χ1n) is 10.6. The van der Waals surface area contributed by atoms with Crippen LogP contribution in [-0.2, 0) is 9.59 Å². The van der Waals surface area contributed by atoms with Gasteiger partial charge in [-0.2, -0.15) is 0 Å². The highest BCUT2D eigenvalue weighted by Gasteiger charge is 2.26. The minimum atomic E-state index is -0.678. The third-order valence-electron chi connectivity index (χ3n) is 5.77. The van der Waals surface area contributed by atoms with Crippen molar-refractivity contribution in [3.8, 4) is 5.75 Å². The van der Waals surface area contributed by atoms with Gasteiger partial charge in [-0.25, -0.2) is 0 Å². The van der Waals surface area contributed by atoms with Crippen LogP contribution in [0.2, 0.25) is 0 Å². The minimum Gasteiger partial charge on any atom is -0.497 e. The number of fused-ring (bicyclic) bond motifs is 1. The molecule has 2 N–H and O–H groups in total. The second-order valence-electron chi connectivity index (χ2n) is 7.72. The summed E-state index contributed by atoms with van der Waals surface area (Å²) in [6, 6.07) is 21.4. The van der Waals surface area contributed by atoms with Crippen molar-refractivity contribution in [1.82, 2.24) is 10.2 Å². The fourth-order valence-corrected chi connectivity index (χ4v) is 4.16. The molecule has 2 amide bonds. The maximum Gasteiger partial charge on any atom is 0.313 e. The highest BCUT2D eigenvalue weighted by Crippen LogP contribution is 2.30. The number of benzene rings is 3. The quantitative estimate of drug-likeness (QED) is 0.600. The number of rotatable bonds is 6. The molecule has 0 aliphatic carbocycles. The first-order chi connectivity index (χ1) is 15.2. The van der Waals surface area contributed by atoms with E-state index >= 15 is 0 Å². The van der Waals surface area contributed by atoms with Gasteiger partial charge in [0.2, 0.25) is 0 Å². The van der Waals surface area contributed by atoms with Crippen molar-refractivity contribution in [2.75, 3.05) is 32.1 Å². The molecule has 0 radical (unpaired) electrons. The highest BCUT2D eigenvalue weighted by atomic mass is 16.5. The molecule has 160 valence electrons. The van der Waals surface area contributed by atoms with Crippen LogP contribution < -0.4 is 15.4 Å². The van der Waals surface area contributed by atoms with E-state index in [0.29, 0.717) is 18.0 Å². The Bertz CT molecular complexity index is 1050. The Balaban J connectivity index is 1.47. The summed E-state index contributed by atoms with van der Waals surface area (Å²) >= 11 is 0. The van der Waals surface area contributed by atoms with Crippen LogP contribution in [0, 0.1) is 0 Å². The van der Waals surface area contributed by atoms with E-state index in [1.165, 1.54) is 16.3 Å². The van der Waals surface area contributed by atoms with Crippen LogP contribution in [0.25, 0.3) is 10.8 Å². The zero-order valence-electron chi connectivity index (χ0n) is 17.6. The first kappa shape index (κ1) is 20.9. The molecule has 0 unspecified atom stereocenters. The summed E-state index contributed by atoms with van der Waals surface area (Å²) < 4.78 is 5.11. The van der Waals surface area contributed by atoms with E-state index in [2.05, 4.69) is 45.9 Å². The van der Waals surface area contributed by atoms with Gasteiger partial charge in [0, 0.05) is 12.2 Å². The van der Waals surface area contributed by atoms with Crippen molar-refractivity contribution in [3.05, 3.63) is 72.3 Å². The fourth-order valence-electron chi connectivity index (χ4n) is 4.16. The lowest BCUT2D eigenvalue weighted by Gasteiger charge is -2.29. The predicted octanol–water partition coefficient (Wildman–Crippen LogP) is 3.74. The van der Waals surface area contributed by atoms with Gasteiger partial charge in [-0.3, -0.25) is 14.5 Å². The van der Waals surface area contributed by atoms with E-state index in [1.54, 1.807) is 31.4 Å². The van der Waals surface area contributed by atoms with Crippen molar-refractivity contribution < 1.29 is 14.3 Å². The standard InChI is InChI=1S/C25H27N3O3/c1-31-20-13-11-19(12-14-20)27-25(30)24(29)26-17-23(28-15-4-5-16-28)22-10-6-8-18-7-2-3-9-21(18)22/h2-3,6-14,23H,4-5,15-17H2,1H3,(H,26,29)(H,27,30)/t23-/m0/s1. The van der Waals surface area contributed by atoms with Crippen molar-refractivity contribution in [1.29, 1.82) is 0 Å². The third-order valence-corrected chi connectivity index (χ3v) is 5.77. The molecule has 0 spiro atoms. The van der Waals surface area contributed by atoms with E-state index in [4.69, 9.17) is 4.74 Å². The molecule has 6 nitrogen and oxygen atoms in total. The molecule has 0 saturated carbocycles. The number of anilines is 1. The van der Waals surface area contributed by atoms with E-state index in [9.17, 15) is 9.59 Å². The average Bonchev–Trinajstić information content (AvgIpc) is 3.34. The van der Waals surface area contributed by atoms with Gasteiger partial charge in [-0.05, 0) is 66.5 Å². The molecule has 1 fully saturated rings. The van der Waals surface area contributed by atoms with Crippen molar-refractivity contribution in [3.63, 3.8) is 0 Å². The third kappa shape index (κ3) is 4.86. The van der Waals surface area contributed by atoms with Crippen LogP contribution in [0.3, 0.4) is 0 Å². The number of methoxy groups -OCH3 is 1. The number of likely N-dealkylation sites (tertiary alicyclic amines) is 1. The molecule has 1 heterocycles. The van der Waals surface area contributed by atoms with Crippen molar-refractivity contribution in [2.24, 2.45) is 0 Å². The average molecular weight is 418 g/mol. The largest absolute Gasteiger partial charge is 0.497 e. The molecule has 0 bridgehead atoms. The van der Waals surface area contributed by atoms with Gasteiger partial charge >= 0.3 is 11.8 Å². The second kappa shape index (κ2) is 9.62. The maximum atomic E-state index is 12.5. The Morgan fingerprint density at radius 3 is 2.39 bits per heavy atom. The number of carbonyl (C=O) groups is 2.